The molecule has 0 aromatic carbocycles. The minimum absolute atomic E-state index is 0.0671. The fraction of sp³-hybridized carbons (Fsp3) is 0.636. The SMILES string of the molecule is COC(=O)CCC=CC[C@@H]1COC(C(C)C)(C(C)C)O[C@@H]1c1cccnc1. The summed E-state index contributed by atoms with van der Waals surface area (Å²) in [6, 6.07) is 4.02. The molecule has 0 saturated carbocycles. The van der Waals surface area contributed by atoms with E-state index in [9.17, 15) is 4.79 Å². The molecule has 0 aliphatic carbocycles. The molecule has 0 unspecified atom stereocenters. The monoisotopic (exact) mass is 375 g/mol. The van der Waals surface area contributed by atoms with Gasteiger partial charge in [-0.15, -0.1) is 0 Å². The Balaban J connectivity index is 2.12. The molecule has 0 amide bonds. The van der Waals surface area contributed by atoms with Gasteiger partial charge in [0.1, 0.15) is 0 Å². The third kappa shape index (κ3) is 5.39. The van der Waals surface area contributed by atoms with Crippen LogP contribution in [0.5, 0.6) is 0 Å². The van der Waals surface area contributed by atoms with E-state index in [1.54, 1.807) is 6.20 Å². The van der Waals surface area contributed by atoms with Gasteiger partial charge < -0.3 is 14.2 Å². The highest BCUT2D eigenvalue weighted by Crippen LogP contribution is 2.45. The highest BCUT2D eigenvalue weighted by molar-refractivity contribution is 5.69. The van der Waals surface area contributed by atoms with Crippen molar-refractivity contribution in [2.75, 3.05) is 13.7 Å². The molecular weight excluding hydrogens is 342 g/mol. The summed E-state index contributed by atoms with van der Waals surface area (Å²) in [6.07, 6.45) is 9.65. The fourth-order valence-corrected chi connectivity index (χ4v) is 3.69. The molecule has 150 valence electrons. The Morgan fingerprint density at radius 2 is 2.07 bits per heavy atom. The van der Waals surface area contributed by atoms with Gasteiger partial charge in [0.2, 0.25) is 0 Å². The van der Waals surface area contributed by atoms with E-state index in [-0.39, 0.29) is 29.8 Å². The largest absolute Gasteiger partial charge is 0.469 e. The fourth-order valence-electron chi connectivity index (χ4n) is 3.69. The summed E-state index contributed by atoms with van der Waals surface area (Å²) in [5.74, 6) is -0.0856. The van der Waals surface area contributed by atoms with Crippen molar-refractivity contribution in [1.82, 2.24) is 4.98 Å². The van der Waals surface area contributed by atoms with Crippen LogP contribution in [0, 0.1) is 17.8 Å². The average Bonchev–Trinajstić information content (AvgIpc) is 2.67. The summed E-state index contributed by atoms with van der Waals surface area (Å²) in [5, 5.41) is 0. The molecule has 27 heavy (non-hydrogen) atoms. The number of hydrogen-bond acceptors (Lipinski definition) is 5. The van der Waals surface area contributed by atoms with E-state index >= 15 is 0 Å². The van der Waals surface area contributed by atoms with Gasteiger partial charge >= 0.3 is 5.97 Å². The number of carbonyl (C=O) groups is 1. The summed E-state index contributed by atoms with van der Waals surface area (Å²) in [4.78, 5) is 15.5. The van der Waals surface area contributed by atoms with Crippen molar-refractivity contribution in [2.45, 2.75) is 58.8 Å². The van der Waals surface area contributed by atoms with Gasteiger partial charge in [0.05, 0.1) is 19.8 Å². The zero-order chi connectivity index (χ0) is 19.9. The smallest absolute Gasteiger partial charge is 0.305 e. The van der Waals surface area contributed by atoms with Crippen molar-refractivity contribution in [1.29, 1.82) is 0 Å². The molecule has 1 aliphatic heterocycles. The third-order valence-corrected chi connectivity index (χ3v) is 5.23. The Hall–Kier alpha value is -1.72. The topological polar surface area (TPSA) is 57.7 Å². The molecule has 2 heterocycles. The van der Waals surface area contributed by atoms with Crippen LogP contribution in [0.25, 0.3) is 0 Å². The molecule has 2 atom stereocenters. The highest BCUT2D eigenvalue weighted by atomic mass is 16.7. The summed E-state index contributed by atoms with van der Waals surface area (Å²) in [5.41, 5.74) is 1.08. The quantitative estimate of drug-likeness (QED) is 0.487. The van der Waals surface area contributed by atoms with Gasteiger partial charge in [-0.2, -0.15) is 0 Å². The lowest BCUT2D eigenvalue weighted by atomic mass is 9.86. The van der Waals surface area contributed by atoms with Gasteiger partial charge in [0.15, 0.2) is 5.79 Å². The molecule has 0 radical (unpaired) electrons. The Labute approximate surface area is 163 Å². The van der Waals surface area contributed by atoms with Crippen molar-refractivity contribution in [3.8, 4) is 0 Å². The van der Waals surface area contributed by atoms with Crippen molar-refractivity contribution in [3.05, 3.63) is 42.2 Å². The standard InChI is InChI=1S/C22H33NO4/c1-16(2)22(17(3)4)26-15-19(10-7-6-8-12-20(24)25-5)21(27-22)18-11-9-13-23-14-18/h6-7,9,11,13-14,16-17,19,21H,8,10,12,15H2,1-5H3/t19-,21-/m1/s1. The van der Waals surface area contributed by atoms with Crippen LogP contribution in [0.15, 0.2) is 36.7 Å². The zero-order valence-corrected chi connectivity index (χ0v) is 17.2. The Morgan fingerprint density at radius 3 is 2.67 bits per heavy atom. The number of esters is 1. The van der Waals surface area contributed by atoms with E-state index in [2.05, 4.69) is 49.6 Å². The first-order valence-electron chi connectivity index (χ1n) is 9.84. The first-order chi connectivity index (χ1) is 12.9. The Morgan fingerprint density at radius 1 is 1.33 bits per heavy atom. The number of ether oxygens (including phenoxy) is 3. The molecule has 5 nitrogen and oxygen atoms in total. The number of allylic oxidation sites excluding steroid dienone is 2. The second kappa shape index (κ2) is 10.00. The van der Waals surface area contributed by atoms with Crippen LogP contribution in [-0.4, -0.2) is 30.5 Å². The maximum atomic E-state index is 11.2. The lowest BCUT2D eigenvalue weighted by Crippen LogP contribution is -2.52. The molecule has 1 aromatic rings. The summed E-state index contributed by atoms with van der Waals surface area (Å²) in [7, 11) is 1.41. The van der Waals surface area contributed by atoms with Crippen LogP contribution >= 0.6 is 0 Å². The molecule has 1 aromatic heterocycles. The van der Waals surface area contributed by atoms with Crippen LogP contribution in [0.4, 0.5) is 0 Å². The Kier molecular flexibility index (Phi) is 7.99. The van der Waals surface area contributed by atoms with Crippen LogP contribution in [0.1, 0.15) is 58.6 Å². The normalized spacial score (nSPS) is 22.5. The van der Waals surface area contributed by atoms with Crippen LogP contribution in [0.3, 0.4) is 0 Å². The van der Waals surface area contributed by atoms with E-state index in [4.69, 9.17) is 9.47 Å². The molecular formula is C22H33NO4. The first-order valence-corrected chi connectivity index (χ1v) is 9.84. The average molecular weight is 376 g/mol. The van der Waals surface area contributed by atoms with Gasteiger partial charge in [-0.3, -0.25) is 9.78 Å². The van der Waals surface area contributed by atoms with Crippen LogP contribution in [-0.2, 0) is 19.0 Å². The minimum Gasteiger partial charge on any atom is -0.469 e. The Bertz CT molecular complexity index is 604. The van der Waals surface area contributed by atoms with E-state index in [0.717, 1.165) is 12.0 Å². The number of pyridine rings is 1. The number of methoxy groups -OCH3 is 1. The van der Waals surface area contributed by atoms with Gasteiger partial charge in [-0.1, -0.05) is 45.9 Å². The lowest BCUT2D eigenvalue weighted by molar-refractivity contribution is -0.351. The second-order valence-electron chi connectivity index (χ2n) is 7.75. The molecule has 2 rings (SSSR count). The van der Waals surface area contributed by atoms with E-state index in [1.807, 2.05) is 18.3 Å². The van der Waals surface area contributed by atoms with Crippen molar-refractivity contribution < 1.29 is 19.0 Å². The third-order valence-electron chi connectivity index (χ3n) is 5.23. The van der Waals surface area contributed by atoms with Gasteiger partial charge in [-0.05, 0) is 24.5 Å². The summed E-state index contributed by atoms with van der Waals surface area (Å²) >= 11 is 0. The van der Waals surface area contributed by atoms with Crippen molar-refractivity contribution in [2.24, 2.45) is 17.8 Å². The number of rotatable bonds is 8. The molecule has 5 heteroatoms. The maximum absolute atomic E-state index is 11.2. The predicted molar refractivity (Wildman–Crippen MR) is 105 cm³/mol. The molecule has 1 aliphatic rings. The molecule has 0 bridgehead atoms. The predicted octanol–water partition coefficient (Wildman–Crippen LogP) is 4.69. The zero-order valence-electron chi connectivity index (χ0n) is 17.2. The van der Waals surface area contributed by atoms with Crippen molar-refractivity contribution in [3.63, 3.8) is 0 Å². The van der Waals surface area contributed by atoms with Gasteiger partial charge in [0.25, 0.3) is 0 Å². The van der Waals surface area contributed by atoms with Gasteiger partial charge in [0, 0.05) is 36.6 Å². The van der Waals surface area contributed by atoms with Crippen LogP contribution < -0.4 is 0 Å². The first kappa shape index (κ1) is 21.6. The van der Waals surface area contributed by atoms with E-state index in [0.29, 0.717) is 19.4 Å². The van der Waals surface area contributed by atoms with Crippen LogP contribution in [0.2, 0.25) is 0 Å². The molecule has 0 spiro atoms. The highest BCUT2D eigenvalue weighted by Gasteiger charge is 2.47. The maximum Gasteiger partial charge on any atom is 0.305 e. The van der Waals surface area contributed by atoms with Crippen molar-refractivity contribution >= 4 is 5.97 Å². The number of aromatic nitrogens is 1. The summed E-state index contributed by atoms with van der Waals surface area (Å²) < 4.78 is 17.6. The second-order valence-corrected chi connectivity index (χ2v) is 7.75. The molecule has 0 N–H and O–H groups in total. The lowest BCUT2D eigenvalue weighted by Gasteiger charge is -2.49. The summed E-state index contributed by atoms with van der Waals surface area (Å²) in [6.45, 7) is 9.22. The van der Waals surface area contributed by atoms with E-state index < -0.39 is 5.79 Å². The van der Waals surface area contributed by atoms with E-state index in [1.165, 1.54) is 7.11 Å². The number of nitrogens with zero attached hydrogens (tertiary/aromatic N) is 1. The van der Waals surface area contributed by atoms with Gasteiger partial charge in [-0.25, -0.2) is 0 Å². The minimum atomic E-state index is -0.592. The molecule has 1 saturated heterocycles. The number of hydrogen-bond donors (Lipinski definition) is 0. The number of carbonyl (C=O) groups excluding carboxylic acids is 1. The molecule has 1 fully saturated rings.